The van der Waals surface area contributed by atoms with Crippen LogP contribution < -0.4 is 10.1 Å². The minimum atomic E-state index is -4.77. The van der Waals surface area contributed by atoms with Gasteiger partial charge in [-0.25, -0.2) is 0 Å². The van der Waals surface area contributed by atoms with E-state index >= 15 is 0 Å². The van der Waals surface area contributed by atoms with Crippen LogP contribution in [-0.4, -0.2) is 73.1 Å². The number of carbonyl (C=O) groups excluding carboxylic acids is 1. The molecule has 0 radical (unpaired) electrons. The molecule has 0 aromatic heterocycles. The minimum Gasteiger partial charge on any atom is -0.405 e. The van der Waals surface area contributed by atoms with Crippen LogP contribution in [0.2, 0.25) is 0 Å². The number of hydrogen-bond donors (Lipinski definition) is 2. The summed E-state index contributed by atoms with van der Waals surface area (Å²) in [4.78, 5) is 16.1. The second-order valence-corrected chi connectivity index (χ2v) is 5.77. The summed E-state index contributed by atoms with van der Waals surface area (Å²) in [6.45, 7) is 3.86. The molecule has 140 valence electrons. The fourth-order valence-electron chi connectivity index (χ4n) is 2.64. The highest BCUT2D eigenvalue weighted by atomic mass is 19.4. The summed E-state index contributed by atoms with van der Waals surface area (Å²) in [7, 11) is 0. The number of nitrogens with zero attached hydrogens (tertiary/aromatic N) is 2. The second-order valence-electron chi connectivity index (χ2n) is 5.77. The largest absolute Gasteiger partial charge is 0.573 e. The van der Waals surface area contributed by atoms with Gasteiger partial charge in [-0.05, 0) is 6.07 Å². The molecule has 1 aliphatic rings. The second kappa shape index (κ2) is 9.02. The van der Waals surface area contributed by atoms with Gasteiger partial charge in [0.25, 0.3) is 0 Å². The third kappa shape index (κ3) is 6.89. The van der Waals surface area contributed by atoms with Crippen molar-refractivity contribution in [2.75, 3.05) is 45.9 Å². The SMILES string of the molecule is O=C(CN1CCN(CCO)CC1)NCc1ccccc1OC(F)(F)F. The van der Waals surface area contributed by atoms with Crippen molar-refractivity contribution < 1.29 is 27.8 Å². The Morgan fingerprint density at radius 2 is 1.80 bits per heavy atom. The monoisotopic (exact) mass is 361 g/mol. The van der Waals surface area contributed by atoms with Crippen LogP contribution in [0, 0.1) is 0 Å². The molecule has 2 N–H and O–H groups in total. The quantitative estimate of drug-likeness (QED) is 0.753. The number of hydrogen-bond acceptors (Lipinski definition) is 5. The molecular formula is C16H22F3N3O3. The number of amides is 1. The van der Waals surface area contributed by atoms with Gasteiger partial charge in [0.1, 0.15) is 5.75 Å². The Bertz CT molecular complexity index is 561. The number of piperazine rings is 1. The number of rotatable bonds is 7. The van der Waals surface area contributed by atoms with Gasteiger partial charge in [-0.1, -0.05) is 18.2 Å². The zero-order valence-electron chi connectivity index (χ0n) is 13.8. The number of ether oxygens (including phenoxy) is 1. The van der Waals surface area contributed by atoms with E-state index in [0.29, 0.717) is 19.6 Å². The molecular weight excluding hydrogens is 339 g/mol. The number of aliphatic hydroxyl groups is 1. The number of aliphatic hydroxyl groups excluding tert-OH is 1. The van der Waals surface area contributed by atoms with Crippen LogP contribution in [0.1, 0.15) is 5.56 Å². The summed E-state index contributed by atoms with van der Waals surface area (Å²) in [6, 6.07) is 5.73. The summed E-state index contributed by atoms with van der Waals surface area (Å²) in [5.74, 6) is -0.565. The highest BCUT2D eigenvalue weighted by Gasteiger charge is 2.32. The summed E-state index contributed by atoms with van der Waals surface area (Å²) in [5.41, 5.74) is 0.265. The Morgan fingerprint density at radius 1 is 1.16 bits per heavy atom. The Kier molecular flexibility index (Phi) is 7.03. The molecule has 0 atom stereocenters. The summed E-state index contributed by atoms with van der Waals surface area (Å²) >= 11 is 0. The Labute approximate surface area is 144 Å². The molecule has 0 unspecified atom stereocenters. The lowest BCUT2D eigenvalue weighted by molar-refractivity contribution is -0.274. The molecule has 1 heterocycles. The first-order chi connectivity index (χ1) is 11.9. The van der Waals surface area contributed by atoms with Crippen molar-refractivity contribution in [3.8, 4) is 5.75 Å². The van der Waals surface area contributed by atoms with E-state index in [2.05, 4.69) is 15.0 Å². The molecule has 0 spiro atoms. The first kappa shape index (κ1) is 19.5. The Hall–Kier alpha value is -1.84. The van der Waals surface area contributed by atoms with Crippen LogP contribution in [0.4, 0.5) is 13.2 Å². The molecule has 1 fully saturated rings. The minimum absolute atomic E-state index is 0.0322. The number of carbonyl (C=O) groups is 1. The van der Waals surface area contributed by atoms with Gasteiger partial charge < -0.3 is 15.2 Å². The normalized spacial score (nSPS) is 16.6. The molecule has 0 aliphatic carbocycles. The summed E-state index contributed by atoms with van der Waals surface area (Å²) in [6.07, 6.45) is -4.77. The summed E-state index contributed by atoms with van der Waals surface area (Å²) in [5, 5.41) is 11.5. The number of nitrogens with one attached hydrogen (secondary N) is 1. The van der Waals surface area contributed by atoms with Crippen molar-refractivity contribution in [3.05, 3.63) is 29.8 Å². The zero-order chi connectivity index (χ0) is 18.3. The van der Waals surface area contributed by atoms with Crippen LogP contribution in [0.25, 0.3) is 0 Å². The van der Waals surface area contributed by atoms with Crippen LogP contribution >= 0.6 is 0 Å². The lowest BCUT2D eigenvalue weighted by atomic mass is 10.2. The van der Waals surface area contributed by atoms with Gasteiger partial charge in [0, 0.05) is 44.8 Å². The number of para-hydroxylation sites is 1. The first-order valence-electron chi connectivity index (χ1n) is 8.03. The van der Waals surface area contributed by atoms with E-state index in [0.717, 1.165) is 13.1 Å². The lowest BCUT2D eigenvalue weighted by Gasteiger charge is -2.33. The fraction of sp³-hybridized carbons (Fsp3) is 0.562. The highest BCUT2D eigenvalue weighted by Crippen LogP contribution is 2.26. The van der Waals surface area contributed by atoms with E-state index in [4.69, 9.17) is 5.11 Å². The van der Waals surface area contributed by atoms with Gasteiger partial charge in [-0.3, -0.25) is 14.6 Å². The predicted molar refractivity (Wildman–Crippen MR) is 84.9 cm³/mol. The van der Waals surface area contributed by atoms with Crippen molar-refractivity contribution in [1.29, 1.82) is 0 Å². The molecule has 1 saturated heterocycles. The van der Waals surface area contributed by atoms with Crippen LogP contribution in [0.15, 0.2) is 24.3 Å². The molecule has 1 aliphatic heterocycles. The van der Waals surface area contributed by atoms with Gasteiger partial charge in [-0.2, -0.15) is 0 Å². The lowest BCUT2D eigenvalue weighted by Crippen LogP contribution is -2.49. The average Bonchev–Trinajstić information content (AvgIpc) is 2.55. The third-order valence-corrected chi connectivity index (χ3v) is 3.92. The molecule has 6 nitrogen and oxygen atoms in total. The molecule has 1 aromatic carbocycles. The smallest absolute Gasteiger partial charge is 0.405 e. The molecule has 1 amide bonds. The van der Waals surface area contributed by atoms with E-state index in [1.807, 2.05) is 4.90 Å². The van der Waals surface area contributed by atoms with Gasteiger partial charge in [0.2, 0.25) is 5.91 Å². The third-order valence-electron chi connectivity index (χ3n) is 3.92. The fourth-order valence-corrected chi connectivity index (χ4v) is 2.64. The van der Waals surface area contributed by atoms with E-state index in [1.54, 1.807) is 6.07 Å². The molecule has 2 rings (SSSR count). The first-order valence-corrected chi connectivity index (χ1v) is 8.03. The van der Waals surface area contributed by atoms with Gasteiger partial charge in [-0.15, -0.1) is 13.2 Å². The molecule has 9 heteroatoms. The van der Waals surface area contributed by atoms with Gasteiger partial charge >= 0.3 is 6.36 Å². The van der Waals surface area contributed by atoms with Gasteiger partial charge in [0.05, 0.1) is 13.2 Å². The van der Waals surface area contributed by atoms with E-state index in [9.17, 15) is 18.0 Å². The topological polar surface area (TPSA) is 65.0 Å². The molecule has 1 aromatic rings. The zero-order valence-corrected chi connectivity index (χ0v) is 13.8. The Morgan fingerprint density at radius 3 is 2.44 bits per heavy atom. The maximum Gasteiger partial charge on any atom is 0.573 e. The molecule has 25 heavy (non-hydrogen) atoms. The van der Waals surface area contributed by atoms with Crippen molar-refractivity contribution in [2.45, 2.75) is 12.9 Å². The van der Waals surface area contributed by atoms with Crippen molar-refractivity contribution in [1.82, 2.24) is 15.1 Å². The van der Waals surface area contributed by atoms with Crippen LogP contribution in [0.5, 0.6) is 5.75 Å². The van der Waals surface area contributed by atoms with Crippen molar-refractivity contribution in [3.63, 3.8) is 0 Å². The van der Waals surface area contributed by atoms with Crippen LogP contribution in [0.3, 0.4) is 0 Å². The van der Waals surface area contributed by atoms with E-state index in [-0.39, 0.29) is 36.9 Å². The van der Waals surface area contributed by atoms with Gasteiger partial charge in [0.15, 0.2) is 0 Å². The number of benzene rings is 1. The molecule has 0 bridgehead atoms. The summed E-state index contributed by atoms with van der Waals surface area (Å²) < 4.78 is 41.1. The van der Waals surface area contributed by atoms with Crippen molar-refractivity contribution >= 4 is 5.91 Å². The van der Waals surface area contributed by atoms with E-state index in [1.165, 1.54) is 18.2 Å². The maximum absolute atomic E-state index is 12.4. The maximum atomic E-state index is 12.4. The number of alkyl halides is 3. The van der Waals surface area contributed by atoms with Crippen molar-refractivity contribution in [2.24, 2.45) is 0 Å². The predicted octanol–water partition coefficient (Wildman–Crippen LogP) is 0.811. The highest BCUT2D eigenvalue weighted by molar-refractivity contribution is 5.78. The number of halogens is 3. The van der Waals surface area contributed by atoms with E-state index < -0.39 is 6.36 Å². The average molecular weight is 361 g/mol. The number of β-amino-alcohol motifs (C(OH)–C–C–N with tert-alkyl or cyclic N) is 1. The standard InChI is InChI=1S/C16H22F3N3O3/c17-16(18,19)25-14-4-2-1-3-13(14)11-20-15(24)12-22-7-5-21(6-8-22)9-10-23/h1-4,23H,5-12H2,(H,20,24). The van der Waals surface area contributed by atoms with Crippen LogP contribution in [-0.2, 0) is 11.3 Å². The Balaban J connectivity index is 1.79. The molecule has 0 saturated carbocycles.